The van der Waals surface area contributed by atoms with E-state index in [9.17, 15) is 5.11 Å². The van der Waals surface area contributed by atoms with E-state index in [2.05, 4.69) is 9.97 Å². The third-order valence-corrected chi connectivity index (χ3v) is 2.72. The highest BCUT2D eigenvalue weighted by Crippen LogP contribution is 2.32. The van der Waals surface area contributed by atoms with Crippen LogP contribution < -0.4 is 9.47 Å². The predicted molar refractivity (Wildman–Crippen MR) is 67.1 cm³/mol. The number of nitrogens with zero attached hydrogens (tertiary/aromatic N) is 2. The molecule has 1 rings (SSSR count). The number of hydrogen-bond donors (Lipinski definition) is 1. The fraction of sp³-hybridized carbons (Fsp3) is 0.667. The number of aromatic nitrogens is 2. The van der Waals surface area contributed by atoms with E-state index in [4.69, 9.17) is 18.9 Å². The van der Waals surface area contributed by atoms with E-state index in [1.54, 1.807) is 6.92 Å². The minimum absolute atomic E-state index is 0.192. The monoisotopic (exact) mass is 272 g/mol. The van der Waals surface area contributed by atoms with E-state index in [1.807, 2.05) is 0 Å². The van der Waals surface area contributed by atoms with Crippen molar-refractivity contribution >= 4 is 0 Å². The fourth-order valence-corrected chi connectivity index (χ4v) is 1.65. The van der Waals surface area contributed by atoms with Crippen molar-refractivity contribution < 1.29 is 24.1 Å². The van der Waals surface area contributed by atoms with Crippen molar-refractivity contribution in [2.24, 2.45) is 0 Å². The van der Waals surface area contributed by atoms with Gasteiger partial charge in [0.25, 0.3) is 0 Å². The Balaban J connectivity index is 3.05. The lowest BCUT2D eigenvalue weighted by Gasteiger charge is -2.27. The molecule has 0 aliphatic rings. The van der Waals surface area contributed by atoms with Crippen LogP contribution in [0.4, 0.5) is 0 Å². The first-order valence-corrected chi connectivity index (χ1v) is 5.72. The van der Waals surface area contributed by atoms with Crippen molar-refractivity contribution in [2.45, 2.75) is 25.2 Å². The van der Waals surface area contributed by atoms with Crippen LogP contribution in [0.25, 0.3) is 0 Å². The number of aliphatic hydroxyl groups is 1. The van der Waals surface area contributed by atoms with Gasteiger partial charge in [0, 0.05) is 20.6 Å². The molecule has 1 aromatic heterocycles. The zero-order valence-corrected chi connectivity index (χ0v) is 11.8. The normalized spacial score (nSPS) is 14.3. The molecule has 1 aromatic rings. The van der Waals surface area contributed by atoms with Crippen LogP contribution >= 0.6 is 0 Å². The highest BCUT2D eigenvalue weighted by atomic mass is 16.7. The molecule has 1 atom stereocenters. The summed E-state index contributed by atoms with van der Waals surface area (Å²) in [4.78, 5) is 8.23. The lowest BCUT2D eigenvalue weighted by Crippen LogP contribution is -2.31. The molecule has 1 heterocycles. The molecule has 0 spiro atoms. The van der Waals surface area contributed by atoms with Gasteiger partial charge in [-0.15, -0.1) is 0 Å². The van der Waals surface area contributed by atoms with Crippen LogP contribution in [0.1, 0.15) is 19.0 Å². The number of rotatable bonds is 7. The Labute approximate surface area is 112 Å². The summed E-state index contributed by atoms with van der Waals surface area (Å²) in [5.41, 5.74) is -1.00. The third kappa shape index (κ3) is 3.76. The summed E-state index contributed by atoms with van der Waals surface area (Å²) in [6, 6.07) is 0. The molecule has 7 heteroatoms. The topological polar surface area (TPSA) is 82.9 Å². The number of methoxy groups -OCH3 is 4. The van der Waals surface area contributed by atoms with Gasteiger partial charge in [-0.2, -0.15) is 4.98 Å². The Kier molecular flexibility index (Phi) is 5.46. The van der Waals surface area contributed by atoms with E-state index in [0.717, 1.165) is 0 Å². The van der Waals surface area contributed by atoms with E-state index in [-0.39, 0.29) is 12.3 Å². The molecule has 108 valence electrons. The molecule has 19 heavy (non-hydrogen) atoms. The second-order valence-corrected chi connectivity index (χ2v) is 4.15. The SMILES string of the molecule is COc1cnc(C(C)(O)CC(OC)OC)c(OC)n1. The Morgan fingerprint density at radius 2 is 1.84 bits per heavy atom. The Morgan fingerprint density at radius 1 is 1.21 bits per heavy atom. The van der Waals surface area contributed by atoms with Gasteiger partial charge >= 0.3 is 0 Å². The predicted octanol–water partition coefficient (Wildman–Crippen LogP) is 0.710. The van der Waals surface area contributed by atoms with Gasteiger partial charge in [-0.25, -0.2) is 4.98 Å². The summed E-state index contributed by atoms with van der Waals surface area (Å²) in [5.74, 6) is 0.515. The molecule has 0 aliphatic heterocycles. The van der Waals surface area contributed by atoms with Crippen LogP contribution in [0.2, 0.25) is 0 Å². The van der Waals surface area contributed by atoms with Crippen LogP contribution in [-0.4, -0.2) is 49.8 Å². The van der Waals surface area contributed by atoms with Crippen molar-refractivity contribution in [3.05, 3.63) is 11.9 Å². The molecule has 1 unspecified atom stereocenters. The average Bonchev–Trinajstić information content (AvgIpc) is 2.43. The van der Waals surface area contributed by atoms with Crippen LogP contribution in [-0.2, 0) is 15.1 Å². The molecule has 0 amide bonds. The van der Waals surface area contributed by atoms with Crippen molar-refractivity contribution in [3.63, 3.8) is 0 Å². The van der Waals surface area contributed by atoms with Gasteiger partial charge in [-0.3, -0.25) is 0 Å². The first-order valence-electron chi connectivity index (χ1n) is 5.72. The van der Waals surface area contributed by atoms with E-state index < -0.39 is 11.9 Å². The van der Waals surface area contributed by atoms with Gasteiger partial charge in [-0.05, 0) is 6.92 Å². The quantitative estimate of drug-likeness (QED) is 0.732. The van der Waals surface area contributed by atoms with Crippen LogP contribution in [0.5, 0.6) is 11.8 Å². The lowest BCUT2D eigenvalue weighted by molar-refractivity contribution is -0.143. The second-order valence-electron chi connectivity index (χ2n) is 4.15. The molecule has 0 aromatic carbocycles. The molecule has 0 aliphatic carbocycles. The molecule has 0 bridgehead atoms. The summed E-state index contributed by atoms with van der Waals surface area (Å²) >= 11 is 0. The van der Waals surface area contributed by atoms with Crippen LogP contribution in [0, 0.1) is 0 Å². The molecular formula is C12H20N2O5. The van der Waals surface area contributed by atoms with Gasteiger partial charge in [-0.1, -0.05) is 0 Å². The van der Waals surface area contributed by atoms with Crippen molar-refractivity contribution in [2.75, 3.05) is 28.4 Å². The molecule has 0 saturated carbocycles. The average molecular weight is 272 g/mol. The summed E-state index contributed by atoms with van der Waals surface area (Å²) in [6.07, 6.45) is 1.06. The maximum absolute atomic E-state index is 10.5. The molecular weight excluding hydrogens is 252 g/mol. The molecule has 0 fully saturated rings. The molecule has 0 saturated heterocycles. The standard InChI is InChI=1S/C12H20N2O5/c1-12(15,6-9(17-3)18-4)10-11(19-5)14-8(16-2)7-13-10/h7,9,15H,6H2,1-5H3. The van der Waals surface area contributed by atoms with Gasteiger partial charge in [0.15, 0.2) is 6.29 Å². The van der Waals surface area contributed by atoms with Gasteiger partial charge < -0.3 is 24.1 Å². The number of hydrogen-bond acceptors (Lipinski definition) is 7. The zero-order valence-electron chi connectivity index (χ0n) is 11.8. The minimum atomic E-state index is -1.30. The first kappa shape index (κ1) is 15.6. The van der Waals surface area contributed by atoms with E-state index in [0.29, 0.717) is 11.6 Å². The summed E-state index contributed by atoms with van der Waals surface area (Å²) in [7, 11) is 5.93. The van der Waals surface area contributed by atoms with Gasteiger partial charge in [0.05, 0.1) is 20.4 Å². The Hall–Kier alpha value is -1.44. The second kappa shape index (κ2) is 6.65. The molecule has 1 N–H and O–H groups in total. The van der Waals surface area contributed by atoms with E-state index >= 15 is 0 Å². The van der Waals surface area contributed by atoms with Crippen LogP contribution in [0.15, 0.2) is 6.20 Å². The Bertz CT molecular complexity index is 407. The summed E-state index contributed by atoms with van der Waals surface area (Å²) in [6.45, 7) is 1.59. The highest BCUT2D eigenvalue weighted by molar-refractivity contribution is 5.27. The summed E-state index contributed by atoms with van der Waals surface area (Å²) in [5, 5.41) is 10.5. The maximum atomic E-state index is 10.5. The lowest BCUT2D eigenvalue weighted by atomic mass is 9.97. The van der Waals surface area contributed by atoms with Crippen molar-refractivity contribution in [1.29, 1.82) is 0 Å². The van der Waals surface area contributed by atoms with Crippen molar-refractivity contribution in [3.8, 4) is 11.8 Å². The zero-order chi connectivity index (χ0) is 14.5. The van der Waals surface area contributed by atoms with Crippen LogP contribution in [0.3, 0.4) is 0 Å². The summed E-state index contributed by atoms with van der Waals surface area (Å²) < 4.78 is 20.2. The van der Waals surface area contributed by atoms with E-state index in [1.165, 1.54) is 34.6 Å². The molecule has 7 nitrogen and oxygen atoms in total. The maximum Gasteiger partial charge on any atom is 0.241 e. The number of ether oxygens (including phenoxy) is 4. The van der Waals surface area contributed by atoms with Crippen molar-refractivity contribution in [1.82, 2.24) is 9.97 Å². The largest absolute Gasteiger partial charge is 0.480 e. The smallest absolute Gasteiger partial charge is 0.241 e. The van der Waals surface area contributed by atoms with Gasteiger partial charge in [0.1, 0.15) is 11.3 Å². The first-order chi connectivity index (χ1) is 8.98. The Morgan fingerprint density at radius 3 is 2.32 bits per heavy atom. The van der Waals surface area contributed by atoms with Gasteiger partial charge in [0.2, 0.25) is 11.8 Å². The third-order valence-electron chi connectivity index (χ3n) is 2.72. The minimum Gasteiger partial charge on any atom is -0.480 e. The molecule has 0 radical (unpaired) electrons. The fourth-order valence-electron chi connectivity index (χ4n) is 1.65. The highest BCUT2D eigenvalue weighted by Gasteiger charge is 2.33.